The van der Waals surface area contributed by atoms with Crippen molar-refractivity contribution in [3.05, 3.63) is 35.4 Å². The van der Waals surface area contributed by atoms with Crippen LogP contribution in [-0.4, -0.2) is 35.3 Å². The third-order valence-electron chi connectivity index (χ3n) is 3.35. The molecule has 108 valence electrons. The van der Waals surface area contributed by atoms with E-state index < -0.39 is 0 Å². The fraction of sp³-hybridized carbons (Fsp3) is 0.500. The van der Waals surface area contributed by atoms with Crippen LogP contribution in [0.15, 0.2) is 24.3 Å². The van der Waals surface area contributed by atoms with E-state index in [1.54, 1.807) is 6.07 Å². The minimum Gasteiger partial charge on any atom is -0.312 e. The number of nitrogens with zero attached hydrogens (tertiary/aromatic N) is 1. The maximum absolute atomic E-state index is 12.3. The van der Waals surface area contributed by atoms with Gasteiger partial charge in [0.05, 0.1) is 6.42 Å². The van der Waals surface area contributed by atoms with Crippen LogP contribution in [0.2, 0.25) is 0 Å². The molecule has 0 unspecified atom stereocenters. The van der Waals surface area contributed by atoms with Gasteiger partial charge < -0.3 is 5.32 Å². The molecule has 0 spiro atoms. The van der Waals surface area contributed by atoms with E-state index in [0.29, 0.717) is 18.5 Å². The molecule has 1 N–H and O–H groups in total. The Labute approximate surface area is 120 Å². The van der Waals surface area contributed by atoms with Gasteiger partial charge in [0.25, 0.3) is 5.91 Å². The van der Waals surface area contributed by atoms with E-state index in [0.717, 1.165) is 18.5 Å². The highest BCUT2D eigenvalue weighted by molar-refractivity contribution is 6.09. The molecule has 2 rings (SSSR count). The van der Waals surface area contributed by atoms with Crippen molar-refractivity contribution in [3.63, 3.8) is 0 Å². The van der Waals surface area contributed by atoms with Gasteiger partial charge in [0.2, 0.25) is 5.91 Å². The van der Waals surface area contributed by atoms with Gasteiger partial charge in [-0.2, -0.15) is 0 Å². The summed E-state index contributed by atoms with van der Waals surface area (Å²) in [6.45, 7) is 7.57. The van der Waals surface area contributed by atoms with Gasteiger partial charge in [0.15, 0.2) is 0 Å². The lowest BCUT2D eigenvalue weighted by molar-refractivity contribution is -0.128. The number of carbonyl (C=O) groups is 2. The molecule has 0 bridgehead atoms. The molecule has 0 saturated carbocycles. The molecule has 4 heteroatoms. The Morgan fingerprint density at radius 2 is 1.90 bits per heavy atom. The number of fused-ring (bicyclic) bond motifs is 1. The van der Waals surface area contributed by atoms with Crippen LogP contribution in [0.1, 0.15) is 43.1 Å². The van der Waals surface area contributed by atoms with Gasteiger partial charge in [0, 0.05) is 17.6 Å². The molecule has 1 aromatic carbocycles. The summed E-state index contributed by atoms with van der Waals surface area (Å²) in [6, 6.07) is 7.35. The predicted molar refractivity (Wildman–Crippen MR) is 78.6 cm³/mol. The van der Waals surface area contributed by atoms with Gasteiger partial charge in [-0.25, -0.2) is 0 Å². The summed E-state index contributed by atoms with van der Waals surface area (Å²) in [6.07, 6.45) is 1.10. The average molecular weight is 274 g/mol. The lowest BCUT2D eigenvalue weighted by Gasteiger charge is -2.27. The Hall–Kier alpha value is -1.68. The van der Waals surface area contributed by atoms with E-state index in [9.17, 15) is 9.59 Å². The first-order chi connectivity index (χ1) is 9.38. The summed E-state index contributed by atoms with van der Waals surface area (Å²) in [4.78, 5) is 25.7. The zero-order valence-corrected chi connectivity index (χ0v) is 12.4. The largest absolute Gasteiger partial charge is 0.312 e. The molecule has 4 nitrogen and oxygen atoms in total. The van der Waals surface area contributed by atoms with Crippen LogP contribution < -0.4 is 5.32 Å². The van der Waals surface area contributed by atoms with Crippen LogP contribution in [0.25, 0.3) is 0 Å². The zero-order chi connectivity index (χ0) is 14.8. The Bertz CT molecular complexity index is 517. The van der Waals surface area contributed by atoms with Crippen molar-refractivity contribution in [3.8, 4) is 0 Å². The summed E-state index contributed by atoms with van der Waals surface area (Å²) in [5, 5.41) is 3.36. The molecule has 0 saturated heterocycles. The number of amides is 2. The van der Waals surface area contributed by atoms with E-state index >= 15 is 0 Å². The van der Waals surface area contributed by atoms with Crippen molar-refractivity contribution in [1.29, 1.82) is 0 Å². The number of carbonyl (C=O) groups excluding carboxylic acids is 2. The highest BCUT2D eigenvalue weighted by atomic mass is 16.2. The fourth-order valence-corrected chi connectivity index (χ4v) is 2.33. The van der Waals surface area contributed by atoms with Crippen molar-refractivity contribution >= 4 is 11.8 Å². The quantitative estimate of drug-likeness (QED) is 0.675. The highest BCUT2D eigenvalue weighted by Crippen LogP contribution is 2.19. The number of hydrogen-bond acceptors (Lipinski definition) is 3. The van der Waals surface area contributed by atoms with Crippen molar-refractivity contribution in [2.24, 2.45) is 0 Å². The standard InChI is InChI=1S/C16H22N2O2/c1-16(2,3)17-9-6-10-18-14(19)11-12-7-4-5-8-13(12)15(18)20/h4-5,7-8,17H,6,9-11H2,1-3H3. The first-order valence-electron chi connectivity index (χ1n) is 7.06. The monoisotopic (exact) mass is 274 g/mol. The van der Waals surface area contributed by atoms with Crippen molar-refractivity contribution in [2.45, 2.75) is 39.2 Å². The number of nitrogens with one attached hydrogen (secondary N) is 1. The van der Waals surface area contributed by atoms with E-state index in [1.165, 1.54) is 4.90 Å². The normalized spacial score (nSPS) is 15.4. The topological polar surface area (TPSA) is 49.4 Å². The molecule has 0 fully saturated rings. The van der Waals surface area contributed by atoms with E-state index in [2.05, 4.69) is 26.1 Å². The summed E-state index contributed by atoms with van der Waals surface area (Å²) in [5.74, 6) is -0.253. The van der Waals surface area contributed by atoms with Crippen LogP contribution in [0, 0.1) is 0 Å². The molecule has 1 aliphatic rings. The molecule has 0 aromatic heterocycles. The summed E-state index contributed by atoms with van der Waals surface area (Å²) >= 11 is 0. The van der Waals surface area contributed by atoms with Gasteiger partial charge in [-0.15, -0.1) is 0 Å². The van der Waals surface area contributed by atoms with Crippen LogP contribution in [0.5, 0.6) is 0 Å². The van der Waals surface area contributed by atoms with Gasteiger partial charge >= 0.3 is 0 Å². The first kappa shape index (κ1) is 14.7. The molecule has 1 aromatic rings. The molecule has 2 amide bonds. The average Bonchev–Trinajstić information content (AvgIpc) is 2.36. The molecule has 20 heavy (non-hydrogen) atoms. The minimum atomic E-state index is -0.160. The van der Waals surface area contributed by atoms with Gasteiger partial charge in [-0.05, 0) is 45.4 Å². The van der Waals surface area contributed by atoms with Crippen LogP contribution in [-0.2, 0) is 11.2 Å². The minimum absolute atomic E-state index is 0.0581. The maximum Gasteiger partial charge on any atom is 0.260 e. The Kier molecular flexibility index (Phi) is 4.23. The van der Waals surface area contributed by atoms with E-state index in [-0.39, 0.29) is 17.4 Å². The molecular formula is C16H22N2O2. The molecular weight excluding hydrogens is 252 g/mol. The van der Waals surface area contributed by atoms with Crippen molar-refractivity contribution in [1.82, 2.24) is 10.2 Å². The third-order valence-corrected chi connectivity index (χ3v) is 3.35. The third kappa shape index (κ3) is 3.45. The van der Waals surface area contributed by atoms with Crippen LogP contribution in [0.4, 0.5) is 0 Å². The van der Waals surface area contributed by atoms with Crippen molar-refractivity contribution < 1.29 is 9.59 Å². The molecule has 0 radical (unpaired) electrons. The van der Waals surface area contributed by atoms with Crippen molar-refractivity contribution in [2.75, 3.05) is 13.1 Å². The second-order valence-electron chi connectivity index (χ2n) is 6.21. The molecule has 0 atom stereocenters. The summed E-state index contributed by atoms with van der Waals surface area (Å²) < 4.78 is 0. The number of rotatable bonds is 4. The first-order valence-corrected chi connectivity index (χ1v) is 7.06. The fourth-order valence-electron chi connectivity index (χ4n) is 2.33. The Morgan fingerprint density at radius 3 is 2.60 bits per heavy atom. The van der Waals surface area contributed by atoms with Gasteiger partial charge in [-0.3, -0.25) is 14.5 Å². The zero-order valence-electron chi connectivity index (χ0n) is 12.4. The second kappa shape index (κ2) is 5.75. The second-order valence-corrected chi connectivity index (χ2v) is 6.21. The number of benzene rings is 1. The van der Waals surface area contributed by atoms with E-state index in [4.69, 9.17) is 0 Å². The van der Waals surface area contributed by atoms with Gasteiger partial charge in [-0.1, -0.05) is 18.2 Å². The van der Waals surface area contributed by atoms with Crippen LogP contribution in [0.3, 0.4) is 0 Å². The highest BCUT2D eigenvalue weighted by Gasteiger charge is 2.29. The maximum atomic E-state index is 12.3. The number of hydrogen-bond donors (Lipinski definition) is 1. The smallest absolute Gasteiger partial charge is 0.260 e. The predicted octanol–water partition coefficient (Wildman–Crippen LogP) is 1.99. The Balaban J connectivity index is 1.96. The summed E-state index contributed by atoms with van der Waals surface area (Å²) in [7, 11) is 0. The van der Waals surface area contributed by atoms with Gasteiger partial charge in [0.1, 0.15) is 0 Å². The molecule has 1 aliphatic heterocycles. The molecule has 1 heterocycles. The summed E-state index contributed by atoms with van der Waals surface area (Å²) in [5.41, 5.74) is 1.56. The lowest BCUT2D eigenvalue weighted by Crippen LogP contribution is -2.44. The SMILES string of the molecule is CC(C)(C)NCCCN1C(=O)Cc2ccccc2C1=O. The van der Waals surface area contributed by atoms with Crippen LogP contribution >= 0.6 is 0 Å². The molecule has 0 aliphatic carbocycles. The lowest BCUT2D eigenvalue weighted by atomic mass is 9.98. The number of imide groups is 1. The van der Waals surface area contributed by atoms with E-state index in [1.807, 2.05) is 18.2 Å². The Morgan fingerprint density at radius 1 is 1.20 bits per heavy atom.